The number of benzene rings is 1. The number of hydrogen-bond acceptors (Lipinski definition) is 2. The van der Waals surface area contributed by atoms with Gasteiger partial charge in [-0.3, -0.25) is 0 Å². The molecule has 1 aromatic carbocycles. The van der Waals surface area contributed by atoms with Gasteiger partial charge in [-0.2, -0.15) is 0 Å². The second-order valence-corrected chi connectivity index (χ2v) is 5.09. The summed E-state index contributed by atoms with van der Waals surface area (Å²) in [4.78, 5) is 13.1. The summed E-state index contributed by atoms with van der Waals surface area (Å²) in [5.41, 5.74) is 0.857. The van der Waals surface area contributed by atoms with Gasteiger partial charge in [-0.1, -0.05) is 36.7 Å². The molecule has 1 atom stereocenters. The van der Waals surface area contributed by atoms with Crippen LogP contribution in [0.25, 0.3) is 0 Å². The summed E-state index contributed by atoms with van der Waals surface area (Å²) in [6.07, 6.45) is -0.921. The minimum atomic E-state index is -4.79. The Labute approximate surface area is 115 Å². The van der Waals surface area contributed by atoms with Gasteiger partial charge < -0.3 is 22.6 Å². The zero-order chi connectivity index (χ0) is 14.6. The van der Waals surface area contributed by atoms with E-state index in [1.54, 1.807) is 0 Å². The molecular formula is C13H16BF3NO2-. The van der Waals surface area contributed by atoms with Crippen molar-refractivity contribution < 1.29 is 22.5 Å². The molecular weight excluding hydrogens is 270 g/mol. The highest BCUT2D eigenvalue weighted by atomic mass is 19.4. The van der Waals surface area contributed by atoms with Crippen molar-refractivity contribution in [2.24, 2.45) is 5.92 Å². The van der Waals surface area contributed by atoms with Gasteiger partial charge in [0.2, 0.25) is 0 Å². The van der Waals surface area contributed by atoms with E-state index in [9.17, 15) is 17.7 Å². The molecule has 3 nitrogen and oxygen atoms in total. The molecule has 0 aliphatic carbocycles. The molecule has 110 valence electrons. The number of amides is 1. The third-order valence-corrected chi connectivity index (χ3v) is 3.35. The van der Waals surface area contributed by atoms with E-state index in [0.717, 1.165) is 5.56 Å². The van der Waals surface area contributed by atoms with E-state index in [-0.39, 0.29) is 13.2 Å². The Hall–Kier alpha value is -1.66. The molecule has 1 saturated heterocycles. The van der Waals surface area contributed by atoms with Gasteiger partial charge in [0.15, 0.2) is 0 Å². The van der Waals surface area contributed by atoms with E-state index in [0.29, 0.717) is 13.0 Å². The molecule has 1 unspecified atom stereocenters. The molecule has 0 aromatic heterocycles. The number of carbonyl (C=O) groups is 1. The summed E-state index contributed by atoms with van der Waals surface area (Å²) in [7, 11) is 0. The quantitative estimate of drug-likeness (QED) is 0.793. The first kappa shape index (κ1) is 14.7. The highest BCUT2D eigenvalue weighted by Gasteiger charge is 2.33. The first-order valence-electron chi connectivity index (χ1n) is 6.60. The van der Waals surface area contributed by atoms with Crippen LogP contribution in [0.3, 0.4) is 0 Å². The maximum absolute atomic E-state index is 12.3. The Balaban J connectivity index is 1.77. The molecule has 0 saturated carbocycles. The molecule has 1 aliphatic rings. The van der Waals surface area contributed by atoms with Gasteiger partial charge in [0, 0.05) is 13.1 Å². The summed E-state index contributed by atoms with van der Waals surface area (Å²) >= 11 is 0. The van der Waals surface area contributed by atoms with Crippen LogP contribution < -0.4 is 0 Å². The van der Waals surface area contributed by atoms with Crippen LogP contribution in [0.4, 0.5) is 17.7 Å². The van der Waals surface area contributed by atoms with Crippen LogP contribution in [0, 0.1) is 5.92 Å². The fourth-order valence-corrected chi connectivity index (χ4v) is 2.38. The maximum Gasteiger partial charge on any atom is 0.478 e. The average Bonchev–Trinajstić information content (AvgIpc) is 2.83. The molecule has 0 bridgehead atoms. The van der Waals surface area contributed by atoms with Crippen LogP contribution in [-0.2, 0) is 11.3 Å². The summed E-state index contributed by atoms with van der Waals surface area (Å²) in [6, 6.07) is 9.18. The molecule has 0 radical (unpaired) electrons. The van der Waals surface area contributed by atoms with Crippen LogP contribution in [0.1, 0.15) is 12.0 Å². The smallest absolute Gasteiger partial charge is 0.449 e. The highest BCUT2D eigenvalue weighted by Crippen LogP contribution is 2.28. The van der Waals surface area contributed by atoms with Crippen LogP contribution in [0.2, 0.25) is 6.32 Å². The second-order valence-electron chi connectivity index (χ2n) is 5.09. The molecule has 0 N–H and O–H groups in total. The van der Waals surface area contributed by atoms with E-state index in [1.165, 1.54) is 4.90 Å². The third-order valence-electron chi connectivity index (χ3n) is 3.35. The first-order valence-corrected chi connectivity index (χ1v) is 6.60. The van der Waals surface area contributed by atoms with Crippen LogP contribution in [0.15, 0.2) is 30.3 Å². The maximum atomic E-state index is 12.3. The number of halogens is 3. The first-order chi connectivity index (χ1) is 9.44. The van der Waals surface area contributed by atoms with Gasteiger partial charge in [-0.15, -0.1) is 0 Å². The number of carbonyl (C=O) groups excluding carboxylic acids is 1. The van der Waals surface area contributed by atoms with E-state index >= 15 is 0 Å². The Bertz CT molecular complexity index is 453. The number of nitrogens with zero attached hydrogens (tertiary/aromatic N) is 1. The third kappa shape index (κ3) is 4.47. The Morgan fingerprint density at radius 3 is 2.65 bits per heavy atom. The zero-order valence-electron chi connectivity index (χ0n) is 11.0. The van der Waals surface area contributed by atoms with Gasteiger partial charge in [0.1, 0.15) is 6.61 Å². The molecule has 1 fully saturated rings. The summed E-state index contributed by atoms with van der Waals surface area (Å²) in [5.74, 6) is -0.487. The number of ether oxygens (including phenoxy) is 1. The molecule has 7 heteroatoms. The lowest BCUT2D eigenvalue weighted by molar-refractivity contribution is 0.103. The van der Waals surface area contributed by atoms with Crippen molar-refractivity contribution in [1.82, 2.24) is 4.90 Å². The normalized spacial score (nSPS) is 19.1. The summed E-state index contributed by atoms with van der Waals surface area (Å²) in [5, 5.41) is 0. The van der Waals surface area contributed by atoms with Crippen LogP contribution in [-0.4, -0.2) is 31.1 Å². The van der Waals surface area contributed by atoms with Crippen molar-refractivity contribution in [3.8, 4) is 0 Å². The van der Waals surface area contributed by atoms with E-state index in [1.807, 2.05) is 30.3 Å². The SMILES string of the molecule is O=C(OCc1ccccc1)N1CCC(C[B-](F)(F)F)C1. The molecule has 0 spiro atoms. The van der Waals surface area contributed by atoms with E-state index in [4.69, 9.17) is 4.74 Å². The lowest BCUT2D eigenvalue weighted by Gasteiger charge is -2.20. The average molecular weight is 286 g/mol. The van der Waals surface area contributed by atoms with Gasteiger partial charge in [0.25, 0.3) is 0 Å². The number of hydrogen-bond donors (Lipinski definition) is 0. The molecule has 1 aliphatic heterocycles. The molecule has 1 heterocycles. The number of rotatable bonds is 4. The topological polar surface area (TPSA) is 29.5 Å². The van der Waals surface area contributed by atoms with E-state index in [2.05, 4.69) is 0 Å². The van der Waals surface area contributed by atoms with Gasteiger partial charge in [0.05, 0.1) is 0 Å². The molecule has 1 amide bonds. The standard InChI is InChI=1S/C13H16BF3NO2/c15-14(16,17)8-12-6-7-18(9-12)13(19)20-10-11-4-2-1-3-5-11/h1-5,12H,6-10H2/q-1. The second kappa shape index (κ2) is 6.20. The summed E-state index contributed by atoms with van der Waals surface area (Å²) in [6.45, 7) is -4.17. The van der Waals surface area contributed by atoms with Crippen molar-refractivity contribution in [3.05, 3.63) is 35.9 Å². The van der Waals surface area contributed by atoms with Gasteiger partial charge in [-0.25, -0.2) is 4.79 Å². The monoisotopic (exact) mass is 286 g/mol. The molecule has 1 aromatic rings. The van der Waals surface area contributed by atoms with Crippen molar-refractivity contribution in [2.45, 2.75) is 19.3 Å². The predicted molar refractivity (Wildman–Crippen MR) is 70.2 cm³/mol. The Kier molecular flexibility index (Phi) is 4.57. The van der Waals surface area contributed by atoms with Gasteiger partial charge in [-0.05, 0) is 17.9 Å². The minimum absolute atomic E-state index is 0.134. The minimum Gasteiger partial charge on any atom is -0.449 e. The Morgan fingerprint density at radius 2 is 2.00 bits per heavy atom. The molecule has 20 heavy (non-hydrogen) atoms. The summed E-state index contributed by atoms with van der Waals surface area (Å²) < 4.78 is 42.1. The zero-order valence-corrected chi connectivity index (χ0v) is 11.0. The lowest BCUT2D eigenvalue weighted by Crippen LogP contribution is -2.30. The van der Waals surface area contributed by atoms with E-state index < -0.39 is 25.3 Å². The molecule has 2 rings (SSSR count). The Morgan fingerprint density at radius 1 is 1.30 bits per heavy atom. The van der Waals surface area contributed by atoms with Gasteiger partial charge >= 0.3 is 13.1 Å². The predicted octanol–water partition coefficient (Wildman–Crippen LogP) is 3.49. The van der Waals surface area contributed by atoms with Crippen molar-refractivity contribution >= 4 is 13.1 Å². The lowest BCUT2D eigenvalue weighted by atomic mass is 9.78. The van der Waals surface area contributed by atoms with Crippen molar-refractivity contribution in [2.75, 3.05) is 13.1 Å². The fourth-order valence-electron chi connectivity index (χ4n) is 2.38. The highest BCUT2D eigenvalue weighted by molar-refractivity contribution is 6.58. The van der Waals surface area contributed by atoms with Crippen LogP contribution in [0.5, 0.6) is 0 Å². The fraction of sp³-hybridized carbons (Fsp3) is 0.462. The largest absolute Gasteiger partial charge is 0.478 e. The van der Waals surface area contributed by atoms with Crippen molar-refractivity contribution in [1.29, 1.82) is 0 Å². The van der Waals surface area contributed by atoms with Crippen molar-refractivity contribution in [3.63, 3.8) is 0 Å². The number of likely N-dealkylation sites (tertiary alicyclic amines) is 1. The van der Waals surface area contributed by atoms with Crippen LogP contribution >= 0.6 is 0 Å².